The summed E-state index contributed by atoms with van der Waals surface area (Å²) in [5, 5.41) is 11.9. The lowest BCUT2D eigenvalue weighted by atomic mass is 10.1. The third-order valence-corrected chi connectivity index (χ3v) is 4.22. The molecule has 1 aromatic carbocycles. The lowest BCUT2D eigenvalue weighted by Gasteiger charge is -2.28. The van der Waals surface area contributed by atoms with Crippen LogP contribution in [-0.2, 0) is 11.4 Å². The molecule has 1 atom stereocenters. The van der Waals surface area contributed by atoms with E-state index in [0.29, 0.717) is 34.7 Å². The molecule has 8 heteroatoms. The number of nitrogens with one attached hydrogen (secondary N) is 1. The average Bonchev–Trinajstić information content (AvgIpc) is 3.00. The maximum atomic E-state index is 12.7. The molecule has 0 unspecified atom stereocenters. The summed E-state index contributed by atoms with van der Waals surface area (Å²) < 4.78 is 17.3. The van der Waals surface area contributed by atoms with Crippen molar-refractivity contribution in [2.75, 3.05) is 34.3 Å². The molecule has 164 valence electrons. The monoisotopic (exact) mass is 419 g/mol. The number of aryl methyl sites for hydroxylation is 1. The topological polar surface area (TPSA) is 98.0 Å². The van der Waals surface area contributed by atoms with Gasteiger partial charge in [0.2, 0.25) is 0 Å². The van der Waals surface area contributed by atoms with Crippen molar-refractivity contribution in [2.24, 2.45) is 0 Å². The number of carbonyl (C=O) groups excluding carboxylic acids is 1. The number of carbonyl (C=O) groups is 2. The molecular formula is C22H31N2O6+. The number of nitrogens with zero attached hydrogens (tertiary/aromatic N) is 1. The van der Waals surface area contributed by atoms with Gasteiger partial charge in [0.05, 0.1) is 46.8 Å². The smallest absolute Gasteiger partial charge is 0.305 e. The molecule has 0 aliphatic carbocycles. The van der Waals surface area contributed by atoms with Gasteiger partial charge in [0.15, 0.2) is 5.76 Å². The van der Waals surface area contributed by atoms with Crippen LogP contribution in [0.3, 0.4) is 0 Å². The zero-order valence-corrected chi connectivity index (χ0v) is 18.2. The Hall–Kier alpha value is -3.00. The van der Waals surface area contributed by atoms with Crippen molar-refractivity contribution < 1.29 is 33.1 Å². The highest BCUT2D eigenvalue weighted by molar-refractivity contribution is 5.93. The second-order valence-electron chi connectivity index (χ2n) is 8.16. The maximum absolute atomic E-state index is 12.7. The molecule has 0 radical (unpaired) electrons. The van der Waals surface area contributed by atoms with Gasteiger partial charge in [0.25, 0.3) is 5.91 Å². The van der Waals surface area contributed by atoms with Crippen LogP contribution in [0.25, 0.3) is 0 Å². The van der Waals surface area contributed by atoms with Crippen LogP contribution in [0.4, 0.5) is 0 Å². The largest absolute Gasteiger partial charge is 0.494 e. The van der Waals surface area contributed by atoms with E-state index in [9.17, 15) is 9.59 Å². The number of hydrogen-bond donors (Lipinski definition) is 2. The van der Waals surface area contributed by atoms with Gasteiger partial charge < -0.3 is 28.8 Å². The fraction of sp³-hybridized carbons (Fsp3) is 0.455. The number of amides is 1. The first-order chi connectivity index (χ1) is 14.1. The molecule has 2 aromatic rings. The number of quaternary nitrogens is 1. The lowest BCUT2D eigenvalue weighted by Crippen LogP contribution is -2.49. The minimum absolute atomic E-state index is 0.158. The van der Waals surface area contributed by atoms with Crippen molar-refractivity contribution in [3.05, 3.63) is 47.4 Å². The molecule has 0 bridgehead atoms. The highest BCUT2D eigenvalue weighted by atomic mass is 16.5. The number of furan rings is 1. The van der Waals surface area contributed by atoms with E-state index < -0.39 is 17.9 Å². The summed E-state index contributed by atoms with van der Waals surface area (Å²) in [5.41, 5.74) is 0.664. The quantitative estimate of drug-likeness (QED) is 0.544. The van der Waals surface area contributed by atoms with Crippen molar-refractivity contribution in [1.82, 2.24) is 5.32 Å². The van der Waals surface area contributed by atoms with Crippen LogP contribution in [0, 0.1) is 6.92 Å². The molecule has 1 amide bonds. The van der Waals surface area contributed by atoms with E-state index in [4.69, 9.17) is 19.0 Å². The molecular weight excluding hydrogens is 388 g/mol. The second-order valence-corrected chi connectivity index (χ2v) is 8.16. The number of carboxylic acids is 1. The summed E-state index contributed by atoms with van der Waals surface area (Å²) in [6, 6.07) is 8.48. The Kier molecular flexibility index (Phi) is 7.88. The zero-order chi connectivity index (χ0) is 22.3. The molecule has 0 saturated carbocycles. The van der Waals surface area contributed by atoms with Crippen LogP contribution in [0.5, 0.6) is 11.5 Å². The number of likely N-dealkylation sites (N-methyl/N-ethyl adjacent to an activating group) is 1. The summed E-state index contributed by atoms with van der Waals surface area (Å²) in [5.74, 6) is 0.698. The van der Waals surface area contributed by atoms with Gasteiger partial charge in [0, 0.05) is 5.56 Å². The lowest BCUT2D eigenvalue weighted by molar-refractivity contribution is -0.871. The predicted octanol–water partition coefficient (Wildman–Crippen LogP) is 2.85. The molecule has 0 fully saturated rings. The van der Waals surface area contributed by atoms with E-state index in [1.807, 2.05) is 40.2 Å². The van der Waals surface area contributed by atoms with Gasteiger partial charge in [0.1, 0.15) is 23.9 Å². The third-order valence-electron chi connectivity index (χ3n) is 4.22. The first kappa shape index (κ1) is 23.3. The van der Waals surface area contributed by atoms with Crippen molar-refractivity contribution in [3.63, 3.8) is 0 Å². The molecule has 1 heterocycles. The van der Waals surface area contributed by atoms with Crippen LogP contribution in [0.15, 0.2) is 34.7 Å². The summed E-state index contributed by atoms with van der Waals surface area (Å²) in [6.07, 6.45) is -0.158. The Morgan fingerprint density at radius 2 is 1.73 bits per heavy atom. The zero-order valence-electron chi connectivity index (χ0n) is 18.2. The first-order valence-corrected chi connectivity index (χ1v) is 9.85. The van der Waals surface area contributed by atoms with E-state index >= 15 is 0 Å². The van der Waals surface area contributed by atoms with Gasteiger partial charge in [-0.3, -0.25) is 9.59 Å². The minimum atomic E-state index is -0.964. The van der Waals surface area contributed by atoms with E-state index in [2.05, 4.69) is 5.32 Å². The standard InChI is InChI=1S/C22H30N2O6/c1-6-28-17-7-9-18(10-8-17)29-14-19-11-15(2)21(30-19)22(27)23-16(12-20(25)26)13-24(3,4)5/h7-11,16H,6,12-14H2,1-5H3,(H-,23,25,26,27)/p+1/t16-/m1/s1. The van der Waals surface area contributed by atoms with Crippen molar-refractivity contribution in [1.29, 1.82) is 0 Å². The first-order valence-electron chi connectivity index (χ1n) is 9.85. The highest BCUT2D eigenvalue weighted by Crippen LogP contribution is 2.21. The van der Waals surface area contributed by atoms with Crippen LogP contribution in [-0.4, -0.2) is 61.8 Å². The Morgan fingerprint density at radius 3 is 2.27 bits per heavy atom. The summed E-state index contributed by atoms with van der Waals surface area (Å²) >= 11 is 0. The normalized spacial score (nSPS) is 12.3. The summed E-state index contributed by atoms with van der Waals surface area (Å²) in [6.45, 7) is 4.93. The summed E-state index contributed by atoms with van der Waals surface area (Å²) in [7, 11) is 5.82. The molecule has 2 rings (SSSR count). The van der Waals surface area contributed by atoms with Gasteiger partial charge in [-0.15, -0.1) is 0 Å². The summed E-state index contributed by atoms with van der Waals surface area (Å²) in [4.78, 5) is 23.8. The van der Waals surface area contributed by atoms with E-state index in [1.165, 1.54) is 0 Å². The van der Waals surface area contributed by atoms with Crippen LogP contribution >= 0.6 is 0 Å². The van der Waals surface area contributed by atoms with Gasteiger partial charge in [-0.2, -0.15) is 0 Å². The molecule has 0 aliphatic heterocycles. The van der Waals surface area contributed by atoms with Gasteiger partial charge >= 0.3 is 5.97 Å². The number of aliphatic carboxylic acids is 1. The van der Waals surface area contributed by atoms with Gasteiger partial charge in [-0.25, -0.2) is 0 Å². The number of ether oxygens (including phenoxy) is 2. The fourth-order valence-electron chi connectivity index (χ4n) is 3.08. The number of hydrogen-bond acceptors (Lipinski definition) is 5. The molecule has 0 aliphatic rings. The van der Waals surface area contributed by atoms with Crippen molar-refractivity contribution in [2.45, 2.75) is 32.9 Å². The van der Waals surface area contributed by atoms with E-state index in [-0.39, 0.29) is 18.8 Å². The minimum Gasteiger partial charge on any atom is -0.494 e. The number of rotatable bonds is 11. The van der Waals surface area contributed by atoms with Crippen molar-refractivity contribution in [3.8, 4) is 11.5 Å². The van der Waals surface area contributed by atoms with Crippen LogP contribution < -0.4 is 14.8 Å². The van der Waals surface area contributed by atoms with Crippen LogP contribution in [0.2, 0.25) is 0 Å². The predicted molar refractivity (Wildman–Crippen MR) is 112 cm³/mol. The molecule has 0 saturated heterocycles. The van der Waals surface area contributed by atoms with Crippen LogP contribution in [0.1, 0.15) is 35.2 Å². The Bertz CT molecular complexity index is 852. The Morgan fingerprint density at radius 1 is 1.13 bits per heavy atom. The molecule has 8 nitrogen and oxygen atoms in total. The van der Waals surface area contributed by atoms with Gasteiger partial charge in [-0.05, 0) is 44.2 Å². The number of benzene rings is 1. The highest BCUT2D eigenvalue weighted by Gasteiger charge is 2.25. The Balaban J connectivity index is 2.01. The third kappa shape index (κ3) is 7.44. The Labute approximate surface area is 177 Å². The van der Waals surface area contributed by atoms with Crippen molar-refractivity contribution >= 4 is 11.9 Å². The average molecular weight is 419 g/mol. The molecule has 0 spiro atoms. The fourth-order valence-corrected chi connectivity index (χ4v) is 3.08. The number of carboxylic acid groups (broad SMARTS) is 1. The maximum Gasteiger partial charge on any atom is 0.305 e. The molecule has 2 N–H and O–H groups in total. The van der Waals surface area contributed by atoms with E-state index in [1.54, 1.807) is 25.1 Å². The molecule has 30 heavy (non-hydrogen) atoms. The van der Waals surface area contributed by atoms with E-state index in [0.717, 1.165) is 5.75 Å². The SMILES string of the molecule is CCOc1ccc(OCc2cc(C)c(C(=O)N[C@H](CC(=O)O)C[N+](C)(C)C)o2)cc1. The van der Waals surface area contributed by atoms with Gasteiger partial charge in [-0.1, -0.05) is 0 Å². The second kappa shape index (κ2) is 10.2. The molecule has 1 aromatic heterocycles.